The monoisotopic (exact) mass is 602 g/mol. The number of fused-ring (bicyclic) bond motifs is 3. The lowest BCUT2D eigenvalue weighted by Gasteiger charge is -2.27. The van der Waals surface area contributed by atoms with Gasteiger partial charge in [-0.1, -0.05) is 78.9 Å². The van der Waals surface area contributed by atoms with Crippen LogP contribution in [0.3, 0.4) is 0 Å². The topological polar surface area (TPSA) is 129 Å². The molecule has 1 aliphatic rings. The number of nitrogens with one attached hydrogen (secondary N) is 2. The molecule has 0 aliphatic heterocycles. The second-order valence-electron chi connectivity index (χ2n) is 11.6. The van der Waals surface area contributed by atoms with E-state index in [1.54, 1.807) is 45.0 Å². The van der Waals surface area contributed by atoms with E-state index in [9.17, 15) is 19.2 Å². The first-order valence-electron chi connectivity index (χ1n) is 14.4. The molecular weight excluding hydrogens is 564 g/mol. The maximum Gasteiger partial charge on any atom is 0.408 e. The van der Waals surface area contributed by atoms with Crippen LogP contribution < -0.4 is 10.6 Å². The number of rotatable bonds is 10. The number of amides is 2. The minimum atomic E-state index is -1.38. The summed E-state index contributed by atoms with van der Waals surface area (Å²) in [6.45, 7) is 7.92. The van der Waals surface area contributed by atoms with Crippen molar-refractivity contribution in [3.8, 4) is 11.1 Å². The second-order valence-corrected chi connectivity index (χ2v) is 11.6. The first-order chi connectivity index (χ1) is 20.9. The number of carbonyl (C=O) groups excluding carboxylic acids is 4. The summed E-state index contributed by atoms with van der Waals surface area (Å²) in [6, 6.07) is 22.4. The van der Waals surface area contributed by atoms with Crippen LogP contribution in [0, 0.1) is 0 Å². The Hall–Kier alpha value is -4.86. The fraction of sp³-hybridized carbons (Fsp3) is 0.353. The predicted molar refractivity (Wildman–Crippen MR) is 163 cm³/mol. The van der Waals surface area contributed by atoms with E-state index in [1.165, 1.54) is 13.8 Å². The number of ether oxygens (including phenoxy) is 4. The van der Waals surface area contributed by atoms with Crippen LogP contribution >= 0.6 is 0 Å². The van der Waals surface area contributed by atoms with Gasteiger partial charge in [0.15, 0.2) is 6.04 Å². The van der Waals surface area contributed by atoms with Crippen molar-refractivity contribution in [3.05, 3.63) is 95.6 Å². The molecule has 3 aromatic rings. The van der Waals surface area contributed by atoms with Gasteiger partial charge in [0.1, 0.15) is 31.0 Å². The van der Waals surface area contributed by atoms with E-state index >= 15 is 0 Å². The third-order valence-corrected chi connectivity index (χ3v) is 6.95. The van der Waals surface area contributed by atoms with E-state index in [-0.39, 0.29) is 19.1 Å². The third kappa shape index (κ3) is 8.37. The predicted octanol–water partition coefficient (Wildman–Crippen LogP) is 5.48. The fourth-order valence-corrected chi connectivity index (χ4v) is 4.85. The molecule has 1 aliphatic carbocycles. The maximum absolute atomic E-state index is 13.0. The van der Waals surface area contributed by atoms with Gasteiger partial charge in [0.05, 0.1) is 0 Å². The molecule has 10 heteroatoms. The average molecular weight is 603 g/mol. The molecule has 0 aromatic heterocycles. The smallest absolute Gasteiger partial charge is 0.408 e. The molecule has 0 saturated heterocycles. The van der Waals surface area contributed by atoms with Crippen molar-refractivity contribution in [2.24, 2.45) is 0 Å². The van der Waals surface area contributed by atoms with Gasteiger partial charge in [0, 0.05) is 5.92 Å². The minimum absolute atomic E-state index is 0.0490. The molecular formula is C34H38N2O8. The van der Waals surface area contributed by atoms with Gasteiger partial charge < -0.3 is 29.6 Å². The van der Waals surface area contributed by atoms with Gasteiger partial charge in [-0.3, -0.25) is 0 Å². The van der Waals surface area contributed by atoms with Crippen molar-refractivity contribution in [1.29, 1.82) is 0 Å². The zero-order chi connectivity index (χ0) is 31.9. The van der Waals surface area contributed by atoms with Crippen LogP contribution in [-0.2, 0) is 35.1 Å². The molecule has 0 fully saturated rings. The van der Waals surface area contributed by atoms with Crippen molar-refractivity contribution in [2.45, 2.75) is 70.9 Å². The Kier molecular flexibility index (Phi) is 10.3. The van der Waals surface area contributed by atoms with E-state index in [2.05, 4.69) is 10.6 Å². The molecule has 0 heterocycles. The zero-order valence-corrected chi connectivity index (χ0v) is 25.5. The lowest BCUT2D eigenvalue weighted by molar-refractivity contribution is -0.159. The van der Waals surface area contributed by atoms with Crippen LogP contribution in [-0.4, -0.2) is 54.5 Å². The zero-order valence-electron chi connectivity index (χ0n) is 25.5. The van der Waals surface area contributed by atoms with Gasteiger partial charge in [-0.15, -0.1) is 0 Å². The molecule has 2 N–H and O–H groups in total. The molecule has 232 valence electrons. The summed E-state index contributed by atoms with van der Waals surface area (Å²) in [6.07, 6.45) is -2.84. The van der Waals surface area contributed by atoms with Gasteiger partial charge in [0.2, 0.25) is 0 Å². The molecule has 0 unspecified atom stereocenters. The minimum Gasteiger partial charge on any atom is -0.459 e. The summed E-state index contributed by atoms with van der Waals surface area (Å²) in [5.41, 5.74) is 4.22. The summed E-state index contributed by atoms with van der Waals surface area (Å²) in [7, 11) is 0. The molecule has 0 bridgehead atoms. The molecule has 0 radical (unpaired) electrons. The Morgan fingerprint density at radius 1 is 0.727 bits per heavy atom. The summed E-state index contributed by atoms with van der Waals surface area (Å²) < 4.78 is 21.7. The molecule has 0 saturated carbocycles. The molecule has 3 atom stereocenters. The fourth-order valence-electron chi connectivity index (χ4n) is 4.85. The Balaban J connectivity index is 1.34. The number of carbonyl (C=O) groups is 4. The van der Waals surface area contributed by atoms with Crippen LogP contribution in [0.15, 0.2) is 78.9 Å². The normalized spacial score (nSPS) is 14.2. The number of hydrogen-bond donors (Lipinski definition) is 2. The summed E-state index contributed by atoms with van der Waals surface area (Å²) in [5, 5.41) is 4.92. The largest absolute Gasteiger partial charge is 0.459 e. The highest BCUT2D eigenvalue weighted by Crippen LogP contribution is 2.44. The summed E-state index contributed by atoms with van der Waals surface area (Å²) in [4.78, 5) is 51.1. The van der Waals surface area contributed by atoms with Crippen LogP contribution in [0.1, 0.15) is 57.2 Å². The molecule has 2 amide bonds. The Bertz CT molecular complexity index is 1440. The number of alkyl carbamates (subject to hydrolysis) is 2. The molecule has 4 rings (SSSR count). The highest BCUT2D eigenvalue weighted by Gasteiger charge is 2.34. The van der Waals surface area contributed by atoms with E-state index in [4.69, 9.17) is 18.9 Å². The first kappa shape index (κ1) is 32.1. The highest BCUT2D eigenvalue weighted by atomic mass is 16.6. The Morgan fingerprint density at radius 2 is 1.30 bits per heavy atom. The standard InChI is InChI=1S/C34H38N2O8/c1-21(35-32(39)42-20-28-26-17-11-9-15-24(26)25-16-10-12-18-27(25)28)30(37)43-22(2)29(36-33(40)44-34(3,4)5)31(38)41-19-23-13-7-6-8-14-23/h6-18,21-22,28-29H,19-20H2,1-5H3,(H,35,39)(H,36,40)/t21-,22+,29-/m0/s1. The number of hydrogen-bond acceptors (Lipinski definition) is 8. The van der Waals surface area contributed by atoms with Crippen molar-refractivity contribution in [1.82, 2.24) is 10.6 Å². The Morgan fingerprint density at radius 3 is 1.89 bits per heavy atom. The van der Waals surface area contributed by atoms with Crippen LogP contribution in [0.4, 0.5) is 9.59 Å². The van der Waals surface area contributed by atoms with Gasteiger partial charge in [-0.2, -0.15) is 0 Å². The van der Waals surface area contributed by atoms with Crippen molar-refractivity contribution >= 4 is 24.1 Å². The van der Waals surface area contributed by atoms with E-state index in [0.29, 0.717) is 0 Å². The second kappa shape index (κ2) is 14.1. The first-order valence-corrected chi connectivity index (χ1v) is 14.4. The molecule has 3 aromatic carbocycles. The summed E-state index contributed by atoms with van der Waals surface area (Å²) >= 11 is 0. The van der Waals surface area contributed by atoms with Gasteiger partial charge in [0.25, 0.3) is 0 Å². The third-order valence-electron chi connectivity index (χ3n) is 6.95. The van der Waals surface area contributed by atoms with E-state index < -0.39 is 47.9 Å². The highest BCUT2D eigenvalue weighted by molar-refractivity contribution is 5.84. The van der Waals surface area contributed by atoms with Crippen LogP contribution in [0.2, 0.25) is 0 Å². The quantitative estimate of drug-likeness (QED) is 0.231. The van der Waals surface area contributed by atoms with E-state index in [1.807, 2.05) is 54.6 Å². The maximum atomic E-state index is 13.0. The van der Waals surface area contributed by atoms with Gasteiger partial charge in [-0.25, -0.2) is 19.2 Å². The van der Waals surface area contributed by atoms with Gasteiger partial charge in [-0.05, 0) is 62.4 Å². The number of benzene rings is 3. The van der Waals surface area contributed by atoms with Crippen molar-refractivity contribution in [3.63, 3.8) is 0 Å². The lowest BCUT2D eigenvalue weighted by atomic mass is 9.98. The molecule has 44 heavy (non-hydrogen) atoms. The molecule has 10 nitrogen and oxygen atoms in total. The lowest BCUT2D eigenvalue weighted by Crippen LogP contribution is -2.52. The van der Waals surface area contributed by atoms with E-state index in [0.717, 1.165) is 27.8 Å². The number of esters is 2. The molecule has 0 spiro atoms. The Labute approximate surface area is 257 Å². The van der Waals surface area contributed by atoms with Gasteiger partial charge >= 0.3 is 24.1 Å². The average Bonchev–Trinajstić information content (AvgIpc) is 3.30. The summed E-state index contributed by atoms with van der Waals surface area (Å²) in [5.74, 6) is -1.80. The van der Waals surface area contributed by atoms with Crippen LogP contribution in [0.25, 0.3) is 11.1 Å². The van der Waals surface area contributed by atoms with Crippen LogP contribution in [0.5, 0.6) is 0 Å². The SMILES string of the molecule is C[C@H](NC(=O)OCC1c2ccccc2-c2ccccc21)C(=O)O[C@H](C)[C@H](NC(=O)OC(C)(C)C)C(=O)OCc1ccccc1. The van der Waals surface area contributed by atoms with Crippen molar-refractivity contribution in [2.75, 3.05) is 6.61 Å². The van der Waals surface area contributed by atoms with Crippen molar-refractivity contribution < 1.29 is 38.1 Å².